The molecule has 1 unspecified atom stereocenters. The van der Waals surface area contributed by atoms with E-state index in [0.717, 1.165) is 5.69 Å². The number of ketones is 1. The minimum atomic E-state index is -0.851. The zero-order chi connectivity index (χ0) is 17.3. The van der Waals surface area contributed by atoms with E-state index < -0.39 is 5.92 Å². The molecule has 0 bridgehead atoms. The number of carbonyl (C=O) groups is 2. The molecule has 2 aromatic rings. The molecule has 0 aromatic heterocycles. The first kappa shape index (κ1) is 15.9. The molecule has 0 saturated heterocycles. The lowest BCUT2D eigenvalue weighted by Crippen LogP contribution is -2.32. The molecule has 1 aliphatic heterocycles. The van der Waals surface area contributed by atoms with Crippen LogP contribution in [0, 0.1) is 5.92 Å². The van der Waals surface area contributed by atoms with Gasteiger partial charge in [-0.15, -0.1) is 0 Å². The van der Waals surface area contributed by atoms with Crippen LogP contribution < -0.4 is 9.91 Å². The summed E-state index contributed by atoms with van der Waals surface area (Å²) in [5, 5.41) is 5.60. The Morgan fingerprint density at radius 3 is 2.25 bits per heavy atom. The third-order valence-corrected chi connectivity index (χ3v) is 4.06. The molecular weight excluding hydrogens is 302 g/mol. The van der Waals surface area contributed by atoms with Crippen LogP contribution in [0.1, 0.15) is 17.3 Å². The lowest BCUT2D eigenvalue weighted by atomic mass is 9.93. The monoisotopic (exact) mass is 321 g/mol. The van der Waals surface area contributed by atoms with Gasteiger partial charge in [0.2, 0.25) is 0 Å². The minimum Gasteiger partial charge on any atom is -0.378 e. The molecule has 5 nitrogen and oxygen atoms in total. The molecule has 0 radical (unpaired) electrons. The van der Waals surface area contributed by atoms with Gasteiger partial charge in [-0.05, 0) is 43.3 Å². The Balaban J connectivity index is 1.86. The van der Waals surface area contributed by atoms with Gasteiger partial charge < -0.3 is 4.90 Å². The highest BCUT2D eigenvalue weighted by Gasteiger charge is 2.39. The maximum atomic E-state index is 12.8. The lowest BCUT2D eigenvalue weighted by molar-refractivity contribution is -0.118. The summed E-state index contributed by atoms with van der Waals surface area (Å²) >= 11 is 0. The predicted molar refractivity (Wildman–Crippen MR) is 95.6 cm³/mol. The average molecular weight is 321 g/mol. The number of rotatable bonds is 4. The SMILES string of the molecule is CC1=NN(c2ccccc2)C(=O)C1C(=O)c1ccc(N(C)C)cc1. The molecule has 3 rings (SSSR count). The predicted octanol–water partition coefficient (Wildman–Crippen LogP) is 2.97. The van der Waals surface area contributed by atoms with Crippen molar-refractivity contribution < 1.29 is 9.59 Å². The van der Waals surface area contributed by atoms with E-state index >= 15 is 0 Å². The highest BCUT2D eigenvalue weighted by molar-refractivity contribution is 6.30. The third kappa shape index (κ3) is 2.80. The standard InChI is InChI=1S/C19H19N3O2/c1-13-17(18(23)14-9-11-15(12-10-14)21(2)3)19(24)22(20-13)16-7-5-4-6-8-16/h4-12,17H,1-3H3. The second kappa shape index (κ2) is 6.28. The summed E-state index contributed by atoms with van der Waals surface area (Å²) in [6, 6.07) is 16.4. The Morgan fingerprint density at radius 1 is 1.04 bits per heavy atom. The summed E-state index contributed by atoms with van der Waals surface area (Å²) in [5.41, 5.74) is 2.70. The summed E-state index contributed by atoms with van der Waals surface area (Å²) in [6.45, 7) is 1.72. The molecule has 0 N–H and O–H groups in total. The van der Waals surface area contributed by atoms with E-state index in [1.165, 1.54) is 5.01 Å². The van der Waals surface area contributed by atoms with Gasteiger partial charge in [0, 0.05) is 25.3 Å². The molecule has 24 heavy (non-hydrogen) atoms. The van der Waals surface area contributed by atoms with Gasteiger partial charge in [-0.1, -0.05) is 18.2 Å². The Kier molecular flexibility index (Phi) is 4.16. The minimum absolute atomic E-state index is 0.218. The van der Waals surface area contributed by atoms with Crippen LogP contribution in [0.3, 0.4) is 0 Å². The number of hydrazone groups is 1. The summed E-state index contributed by atoms with van der Waals surface area (Å²) < 4.78 is 0. The van der Waals surface area contributed by atoms with Crippen LogP contribution in [0.5, 0.6) is 0 Å². The largest absolute Gasteiger partial charge is 0.378 e. The molecule has 1 amide bonds. The van der Waals surface area contributed by atoms with Crippen LogP contribution in [-0.4, -0.2) is 31.5 Å². The van der Waals surface area contributed by atoms with Gasteiger partial charge in [-0.25, -0.2) is 0 Å². The molecule has 5 heteroatoms. The van der Waals surface area contributed by atoms with E-state index in [9.17, 15) is 9.59 Å². The average Bonchev–Trinajstić information content (AvgIpc) is 2.89. The number of hydrogen-bond acceptors (Lipinski definition) is 4. The molecule has 1 aliphatic rings. The molecule has 1 heterocycles. The third-order valence-electron chi connectivity index (χ3n) is 4.06. The first-order valence-electron chi connectivity index (χ1n) is 7.75. The Labute approximate surface area is 141 Å². The quantitative estimate of drug-likeness (QED) is 0.642. The van der Waals surface area contributed by atoms with Crippen LogP contribution in [0.2, 0.25) is 0 Å². The van der Waals surface area contributed by atoms with Crippen molar-refractivity contribution in [2.75, 3.05) is 24.0 Å². The van der Waals surface area contributed by atoms with Crippen LogP contribution in [0.25, 0.3) is 0 Å². The summed E-state index contributed by atoms with van der Waals surface area (Å²) in [6.07, 6.45) is 0. The van der Waals surface area contributed by atoms with Crippen molar-refractivity contribution in [2.45, 2.75) is 6.92 Å². The van der Waals surface area contributed by atoms with E-state index in [0.29, 0.717) is 17.0 Å². The molecule has 0 saturated carbocycles. The lowest BCUT2D eigenvalue weighted by Gasteiger charge is -2.15. The van der Waals surface area contributed by atoms with Crippen LogP contribution >= 0.6 is 0 Å². The number of nitrogens with zero attached hydrogens (tertiary/aromatic N) is 3. The molecule has 1 atom stereocenters. The van der Waals surface area contributed by atoms with E-state index in [1.54, 1.807) is 31.2 Å². The fraction of sp³-hybridized carbons (Fsp3) is 0.211. The second-order valence-corrected chi connectivity index (χ2v) is 5.97. The van der Waals surface area contributed by atoms with Gasteiger partial charge in [-0.2, -0.15) is 10.1 Å². The zero-order valence-corrected chi connectivity index (χ0v) is 13.9. The summed E-state index contributed by atoms with van der Waals surface area (Å²) in [5.74, 6) is -1.37. The van der Waals surface area contributed by atoms with Crippen molar-refractivity contribution in [2.24, 2.45) is 11.0 Å². The van der Waals surface area contributed by atoms with E-state index in [2.05, 4.69) is 5.10 Å². The van der Waals surface area contributed by atoms with E-state index in [4.69, 9.17) is 0 Å². The second-order valence-electron chi connectivity index (χ2n) is 5.97. The van der Waals surface area contributed by atoms with Crippen molar-refractivity contribution in [3.8, 4) is 0 Å². The Hall–Kier alpha value is -2.95. The van der Waals surface area contributed by atoms with Gasteiger partial charge in [0.05, 0.1) is 11.4 Å². The fourth-order valence-electron chi connectivity index (χ4n) is 2.71. The van der Waals surface area contributed by atoms with Gasteiger partial charge in [0.25, 0.3) is 5.91 Å². The molecular formula is C19H19N3O2. The first-order valence-corrected chi connectivity index (χ1v) is 7.75. The molecule has 0 fully saturated rings. The van der Waals surface area contributed by atoms with Crippen LogP contribution in [-0.2, 0) is 4.79 Å². The number of anilines is 2. The molecule has 2 aromatic carbocycles. The maximum Gasteiger partial charge on any atom is 0.264 e. The highest BCUT2D eigenvalue weighted by Crippen LogP contribution is 2.26. The van der Waals surface area contributed by atoms with Crippen LogP contribution in [0.15, 0.2) is 59.7 Å². The van der Waals surface area contributed by atoms with Crippen molar-refractivity contribution in [3.05, 3.63) is 60.2 Å². The van der Waals surface area contributed by atoms with E-state index in [1.807, 2.05) is 49.3 Å². The molecule has 122 valence electrons. The number of carbonyl (C=O) groups excluding carboxylic acids is 2. The van der Waals surface area contributed by atoms with Crippen LogP contribution in [0.4, 0.5) is 11.4 Å². The summed E-state index contributed by atoms with van der Waals surface area (Å²) in [4.78, 5) is 27.4. The van der Waals surface area contributed by atoms with Gasteiger partial charge in [-0.3, -0.25) is 9.59 Å². The fourth-order valence-corrected chi connectivity index (χ4v) is 2.71. The van der Waals surface area contributed by atoms with Gasteiger partial charge in [0.15, 0.2) is 5.78 Å². The van der Waals surface area contributed by atoms with E-state index in [-0.39, 0.29) is 11.7 Å². The molecule has 0 aliphatic carbocycles. The zero-order valence-electron chi connectivity index (χ0n) is 13.9. The van der Waals surface area contributed by atoms with Gasteiger partial charge in [0.1, 0.15) is 5.92 Å². The normalized spacial score (nSPS) is 17.0. The number of para-hydroxylation sites is 1. The Bertz CT molecular complexity index is 795. The number of hydrogen-bond donors (Lipinski definition) is 0. The van der Waals surface area contributed by atoms with Crippen molar-refractivity contribution in [1.29, 1.82) is 0 Å². The highest BCUT2D eigenvalue weighted by atomic mass is 16.2. The van der Waals surface area contributed by atoms with Crippen molar-refractivity contribution >= 4 is 28.8 Å². The van der Waals surface area contributed by atoms with Crippen molar-refractivity contribution in [3.63, 3.8) is 0 Å². The van der Waals surface area contributed by atoms with Gasteiger partial charge >= 0.3 is 0 Å². The number of Topliss-reactive ketones (excluding diaryl/α,β-unsaturated/α-hetero) is 1. The smallest absolute Gasteiger partial charge is 0.264 e. The summed E-state index contributed by atoms with van der Waals surface area (Å²) in [7, 11) is 3.87. The number of benzene rings is 2. The first-order chi connectivity index (χ1) is 11.5. The number of amides is 1. The Morgan fingerprint density at radius 2 is 1.67 bits per heavy atom. The topological polar surface area (TPSA) is 53.0 Å². The van der Waals surface area contributed by atoms with Crippen molar-refractivity contribution in [1.82, 2.24) is 0 Å². The maximum absolute atomic E-state index is 12.8. The molecule has 0 spiro atoms.